The first kappa shape index (κ1) is 16.8. The molecule has 0 radical (unpaired) electrons. The van der Waals surface area contributed by atoms with Crippen LogP contribution < -0.4 is 10.2 Å². The smallest absolute Gasteiger partial charge is 0.293 e. The molecule has 2 heterocycles. The molecule has 0 unspecified atom stereocenters. The van der Waals surface area contributed by atoms with Gasteiger partial charge in [0.2, 0.25) is 0 Å². The minimum atomic E-state index is -0.814. The van der Waals surface area contributed by atoms with Crippen molar-refractivity contribution in [2.75, 3.05) is 0 Å². The first-order valence-corrected chi connectivity index (χ1v) is 7.54. The summed E-state index contributed by atoms with van der Waals surface area (Å²) in [5.74, 6) is -2.37. The van der Waals surface area contributed by atoms with Gasteiger partial charge in [0.25, 0.3) is 5.91 Å². The Morgan fingerprint density at radius 1 is 1.36 bits per heavy atom. The molecule has 2 N–H and O–H groups in total. The number of hydroxylamine groups is 1. The summed E-state index contributed by atoms with van der Waals surface area (Å²) in [6, 6.07) is 4.76. The Morgan fingerprint density at radius 3 is 2.84 bits per heavy atom. The highest BCUT2D eigenvalue weighted by atomic mass is 19.1. The number of carbonyl (C=O) groups is 1. The van der Waals surface area contributed by atoms with Gasteiger partial charge in [-0.05, 0) is 25.1 Å². The van der Waals surface area contributed by atoms with Crippen LogP contribution in [0.4, 0.5) is 8.78 Å². The van der Waals surface area contributed by atoms with Crippen molar-refractivity contribution in [2.45, 2.75) is 20.1 Å². The van der Waals surface area contributed by atoms with Crippen LogP contribution in [0.3, 0.4) is 0 Å². The molecule has 0 aliphatic rings. The van der Waals surface area contributed by atoms with Gasteiger partial charge in [0.1, 0.15) is 18.1 Å². The number of nitrogens with zero attached hydrogens (tertiary/aromatic N) is 2. The highest BCUT2D eigenvalue weighted by Crippen LogP contribution is 2.26. The quantitative estimate of drug-likeness (QED) is 0.549. The minimum absolute atomic E-state index is 0.0328. The van der Waals surface area contributed by atoms with E-state index in [4.69, 9.17) is 9.94 Å². The SMILES string of the molecule is CCn1cc(COc2ccc(F)cc2F)c2c(C(=O)NO)nccc21. The predicted molar refractivity (Wildman–Crippen MR) is 85.3 cm³/mol. The number of hydrogen-bond acceptors (Lipinski definition) is 4. The molecule has 0 bridgehead atoms. The van der Waals surface area contributed by atoms with Gasteiger partial charge in [0.15, 0.2) is 11.6 Å². The van der Waals surface area contributed by atoms with Crippen molar-refractivity contribution in [1.29, 1.82) is 0 Å². The number of pyridine rings is 1. The third-order valence-electron chi connectivity index (χ3n) is 3.81. The molecule has 0 atom stereocenters. The Morgan fingerprint density at radius 2 is 2.16 bits per heavy atom. The normalized spacial score (nSPS) is 10.9. The molecule has 0 saturated carbocycles. The number of aromatic nitrogens is 2. The highest BCUT2D eigenvalue weighted by Gasteiger charge is 2.18. The van der Waals surface area contributed by atoms with E-state index in [2.05, 4.69) is 4.98 Å². The largest absolute Gasteiger partial charge is 0.486 e. The molecular formula is C17H15F2N3O3. The van der Waals surface area contributed by atoms with Crippen molar-refractivity contribution in [2.24, 2.45) is 0 Å². The van der Waals surface area contributed by atoms with Gasteiger partial charge in [-0.3, -0.25) is 15.0 Å². The second-order valence-electron chi connectivity index (χ2n) is 5.30. The van der Waals surface area contributed by atoms with E-state index in [-0.39, 0.29) is 18.1 Å². The number of ether oxygens (including phenoxy) is 1. The lowest BCUT2D eigenvalue weighted by molar-refractivity contribution is 0.0702. The fourth-order valence-corrected chi connectivity index (χ4v) is 2.67. The van der Waals surface area contributed by atoms with Gasteiger partial charge in [-0.1, -0.05) is 0 Å². The van der Waals surface area contributed by atoms with Crippen LogP contribution in [-0.2, 0) is 13.2 Å². The zero-order chi connectivity index (χ0) is 18.0. The lowest BCUT2D eigenvalue weighted by Gasteiger charge is -2.07. The van der Waals surface area contributed by atoms with Crippen molar-refractivity contribution in [3.05, 3.63) is 59.6 Å². The van der Waals surface area contributed by atoms with Crippen LogP contribution >= 0.6 is 0 Å². The lowest BCUT2D eigenvalue weighted by atomic mass is 10.1. The molecule has 6 nitrogen and oxygen atoms in total. The van der Waals surface area contributed by atoms with Crippen molar-refractivity contribution in [3.63, 3.8) is 0 Å². The van der Waals surface area contributed by atoms with E-state index in [0.29, 0.717) is 17.5 Å². The van der Waals surface area contributed by atoms with Crippen LogP contribution in [0.15, 0.2) is 36.7 Å². The summed E-state index contributed by atoms with van der Waals surface area (Å²) in [6.45, 7) is 2.50. The summed E-state index contributed by atoms with van der Waals surface area (Å²) in [7, 11) is 0. The lowest BCUT2D eigenvalue weighted by Crippen LogP contribution is -2.20. The summed E-state index contributed by atoms with van der Waals surface area (Å²) in [4.78, 5) is 15.9. The van der Waals surface area contributed by atoms with Crippen molar-refractivity contribution in [1.82, 2.24) is 15.0 Å². The summed E-state index contributed by atoms with van der Waals surface area (Å²) >= 11 is 0. The number of hydrogen-bond donors (Lipinski definition) is 2. The molecule has 1 aromatic carbocycles. The average Bonchev–Trinajstić information content (AvgIpc) is 2.98. The van der Waals surface area contributed by atoms with E-state index in [9.17, 15) is 13.6 Å². The van der Waals surface area contributed by atoms with E-state index in [1.165, 1.54) is 12.3 Å². The van der Waals surface area contributed by atoms with Gasteiger partial charge in [-0.25, -0.2) is 14.3 Å². The number of carbonyl (C=O) groups excluding carboxylic acids is 1. The molecule has 130 valence electrons. The van der Waals surface area contributed by atoms with E-state index in [1.807, 2.05) is 11.5 Å². The van der Waals surface area contributed by atoms with Gasteiger partial charge < -0.3 is 9.30 Å². The Kier molecular flexibility index (Phi) is 4.62. The average molecular weight is 347 g/mol. The van der Waals surface area contributed by atoms with Crippen molar-refractivity contribution >= 4 is 16.8 Å². The Labute approximate surface area is 141 Å². The van der Waals surface area contributed by atoms with Crippen LogP contribution in [0.1, 0.15) is 23.0 Å². The van der Waals surface area contributed by atoms with Crippen LogP contribution in [0, 0.1) is 11.6 Å². The fraction of sp³-hybridized carbons (Fsp3) is 0.176. The van der Waals surface area contributed by atoms with Gasteiger partial charge in [-0.15, -0.1) is 0 Å². The number of fused-ring (bicyclic) bond motifs is 1. The summed E-state index contributed by atoms with van der Waals surface area (Å²) in [5, 5.41) is 9.41. The van der Waals surface area contributed by atoms with E-state index < -0.39 is 17.5 Å². The van der Waals surface area contributed by atoms with Gasteiger partial charge >= 0.3 is 0 Å². The maximum absolute atomic E-state index is 13.7. The molecule has 3 rings (SSSR count). The standard InChI is InChI=1S/C17H15F2N3O3/c1-2-22-8-10(9-25-14-4-3-11(18)7-12(14)19)15-13(22)5-6-20-16(15)17(23)21-24/h3-8,24H,2,9H2,1H3,(H,21,23). The summed E-state index contributed by atoms with van der Waals surface area (Å²) in [5.41, 5.74) is 2.92. The van der Waals surface area contributed by atoms with Crippen molar-refractivity contribution in [3.8, 4) is 5.75 Å². The first-order chi connectivity index (χ1) is 12.0. The molecule has 0 spiro atoms. The van der Waals surface area contributed by atoms with Crippen LogP contribution in [0.25, 0.3) is 10.9 Å². The number of rotatable bonds is 5. The minimum Gasteiger partial charge on any atom is -0.486 e. The third-order valence-corrected chi connectivity index (χ3v) is 3.81. The Balaban J connectivity index is 2.01. The number of nitrogens with one attached hydrogen (secondary N) is 1. The molecule has 1 amide bonds. The van der Waals surface area contributed by atoms with Gasteiger partial charge in [-0.2, -0.15) is 0 Å². The van der Waals surface area contributed by atoms with E-state index >= 15 is 0 Å². The number of amides is 1. The molecular weight excluding hydrogens is 332 g/mol. The molecule has 3 aromatic rings. The second kappa shape index (κ2) is 6.86. The Hall–Kier alpha value is -3.00. The molecule has 25 heavy (non-hydrogen) atoms. The summed E-state index contributed by atoms with van der Waals surface area (Å²) < 4.78 is 34.0. The molecule has 0 fully saturated rings. The van der Waals surface area contributed by atoms with Crippen molar-refractivity contribution < 1.29 is 23.5 Å². The number of halogens is 2. The second-order valence-corrected chi connectivity index (χ2v) is 5.30. The molecule has 0 saturated heterocycles. The van der Waals surface area contributed by atoms with Crippen LogP contribution in [-0.4, -0.2) is 20.7 Å². The molecule has 8 heteroatoms. The number of aryl methyl sites for hydroxylation is 1. The zero-order valence-electron chi connectivity index (χ0n) is 13.3. The first-order valence-electron chi connectivity index (χ1n) is 7.54. The van der Waals surface area contributed by atoms with E-state index in [0.717, 1.165) is 17.6 Å². The number of benzene rings is 1. The molecule has 0 aliphatic heterocycles. The fourth-order valence-electron chi connectivity index (χ4n) is 2.67. The summed E-state index contributed by atoms with van der Waals surface area (Å²) in [6.07, 6.45) is 3.23. The zero-order valence-corrected chi connectivity index (χ0v) is 13.3. The molecule has 0 aliphatic carbocycles. The Bertz CT molecular complexity index is 940. The monoisotopic (exact) mass is 347 g/mol. The van der Waals surface area contributed by atoms with Gasteiger partial charge in [0.05, 0.1) is 5.52 Å². The van der Waals surface area contributed by atoms with Crippen LogP contribution in [0.5, 0.6) is 5.75 Å². The maximum Gasteiger partial charge on any atom is 0.293 e. The van der Waals surface area contributed by atoms with E-state index in [1.54, 1.807) is 17.7 Å². The predicted octanol–water partition coefficient (Wildman–Crippen LogP) is 3.03. The van der Waals surface area contributed by atoms with Gasteiger partial charge in [0, 0.05) is 36.0 Å². The molecule has 2 aromatic heterocycles. The third kappa shape index (κ3) is 3.16. The maximum atomic E-state index is 13.7. The van der Waals surface area contributed by atoms with Crippen LogP contribution in [0.2, 0.25) is 0 Å². The topological polar surface area (TPSA) is 76.4 Å². The highest BCUT2D eigenvalue weighted by molar-refractivity contribution is 6.05.